The van der Waals surface area contributed by atoms with Crippen LogP contribution in [0.5, 0.6) is 0 Å². The zero-order chi connectivity index (χ0) is 15.4. The number of benzene rings is 2. The van der Waals surface area contributed by atoms with Crippen LogP contribution < -0.4 is 0 Å². The van der Waals surface area contributed by atoms with E-state index in [4.69, 9.17) is 0 Å². The fourth-order valence-corrected chi connectivity index (χ4v) is 4.26. The van der Waals surface area contributed by atoms with Crippen LogP contribution in [0.4, 0.5) is 0 Å². The summed E-state index contributed by atoms with van der Waals surface area (Å²) in [6, 6.07) is 15.7. The van der Waals surface area contributed by atoms with Gasteiger partial charge in [-0.15, -0.1) is 0 Å². The van der Waals surface area contributed by atoms with Gasteiger partial charge >= 0.3 is 0 Å². The zero-order valence-corrected chi connectivity index (χ0v) is 13.7. The van der Waals surface area contributed by atoms with Crippen molar-refractivity contribution in [2.24, 2.45) is 0 Å². The summed E-state index contributed by atoms with van der Waals surface area (Å²) in [5.41, 5.74) is 4.22. The second kappa shape index (κ2) is 7.16. The van der Waals surface area contributed by atoms with Crippen LogP contribution in [0.2, 0.25) is 0 Å². The van der Waals surface area contributed by atoms with Gasteiger partial charge in [0.25, 0.3) is 0 Å². The van der Waals surface area contributed by atoms with Crippen LogP contribution in [-0.2, 0) is 12.8 Å². The second-order valence-electron chi connectivity index (χ2n) is 5.09. The van der Waals surface area contributed by atoms with Gasteiger partial charge < -0.3 is 0 Å². The Bertz CT molecular complexity index is 648. The average Bonchev–Trinajstić information content (AvgIpc) is 2.57. The molecule has 0 spiro atoms. The Balaban J connectivity index is 0.000000131. The third kappa shape index (κ3) is 3.45. The fourth-order valence-electron chi connectivity index (χ4n) is 2.54. The van der Waals surface area contributed by atoms with Crippen LogP contribution in [0.1, 0.15) is 31.8 Å². The molecule has 0 unspecified atom stereocenters. The Hall–Kier alpha value is -1.52. The van der Waals surface area contributed by atoms with E-state index in [1.54, 1.807) is 0 Å². The summed E-state index contributed by atoms with van der Waals surface area (Å²) >= 11 is 2.84. The van der Waals surface area contributed by atoms with E-state index >= 15 is 0 Å². The van der Waals surface area contributed by atoms with E-state index < -0.39 is 0 Å². The molecular weight excluding hydrogens is 312 g/mol. The minimum atomic E-state index is 0.229. The number of carbonyl (C=O) groups is 2. The number of carbonyl (C=O) groups excluding carboxylic acids is 2. The van der Waals surface area contributed by atoms with Crippen molar-refractivity contribution < 1.29 is 9.59 Å². The Morgan fingerprint density at radius 2 is 1.05 bits per heavy atom. The van der Waals surface area contributed by atoms with Gasteiger partial charge in [0.2, 0.25) is 10.2 Å². The molecule has 0 aromatic heterocycles. The molecule has 4 rings (SSSR count). The van der Waals surface area contributed by atoms with Crippen LogP contribution in [0, 0.1) is 0 Å². The second-order valence-corrected chi connectivity index (χ2v) is 7.22. The van der Waals surface area contributed by atoms with Gasteiger partial charge in [-0.05, 0) is 24.0 Å². The molecule has 2 aliphatic rings. The molecule has 2 heterocycles. The summed E-state index contributed by atoms with van der Waals surface area (Å²) in [5, 5.41) is 0.457. The monoisotopic (exact) mass is 328 g/mol. The molecule has 2 aromatic carbocycles. The van der Waals surface area contributed by atoms with Crippen LogP contribution in [0.15, 0.2) is 48.5 Å². The van der Waals surface area contributed by atoms with Gasteiger partial charge in [0.15, 0.2) is 0 Å². The van der Waals surface area contributed by atoms with Gasteiger partial charge in [-0.1, -0.05) is 72.1 Å². The standard InChI is InChI=1S/2C9H8OS/c2*10-9-8-4-2-1-3-7(8)5-6-11-9/h2*1-4H,5-6H2. The highest BCUT2D eigenvalue weighted by atomic mass is 32.2. The number of rotatable bonds is 0. The summed E-state index contributed by atoms with van der Waals surface area (Å²) < 4.78 is 0. The lowest BCUT2D eigenvalue weighted by molar-refractivity contribution is 0.107. The Morgan fingerprint density at radius 1 is 0.636 bits per heavy atom. The molecular formula is C18H16O2S2. The van der Waals surface area contributed by atoms with Crippen molar-refractivity contribution in [2.45, 2.75) is 12.8 Å². The average molecular weight is 328 g/mol. The van der Waals surface area contributed by atoms with Crippen LogP contribution in [-0.4, -0.2) is 21.7 Å². The summed E-state index contributed by atoms with van der Waals surface area (Å²) in [7, 11) is 0. The van der Waals surface area contributed by atoms with Crippen molar-refractivity contribution in [1.82, 2.24) is 0 Å². The van der Waals surface area contributed by atoms with Crippen LogP contribution in [0.3, 0.4) is 0 Å². The van der Waals surface area contributed by atoms with E-state index in [1.165, 1.54) is 34.7 Å². The van der Waals surface area contributed by atoms with Crippen molar-refractivity contribution >= 4 is 33.8 Å². The van der Waals surface area contributed by atoms with Crippen LogP contribution >= 0.6 is 23.5 Å². The van der Waals surface area contributed by atoms with E-state index in [1.807, 2.05) is 48.5 Å². The number of thioether (sulfide) groups is 2. The Morgan fingerprint density at radius 3 is 1.45 bits per heavy atom. The number of fused-ring (bicyclic) bond motifs is 2. The molecule has 0 radical (unpaired) electrons. The lowest BCUT2D eigenvalue weighted by Gasteiger charge is -2.12. The first-order valence-corrected chi connectivity index (χ1v) is 9.23. The molecule has 4 heteroatoms. The molecule has 0 saturated carbocycles. The Labute approximate surface area is 138 Å². The molecule has 0 N–H and O–H groups in total. The molecule has 0 bridgehead atoms. The lowest BCUT2D eigenvalue weighted by Crippen LogP contribution is -2.08. The largest absolute Gasteiger partial charge is 0.282 e. The van der Waals surface area contributed by atoms with Crippen molar-refractivity contribution in [1.29, 1.82) is 0 Å². The molecule has 2 aromatic rings. The SMILES string of the molecule is O=C1SCCc2ccccc21.O=C1SCCc2ccccc21. The summed E-state index contributed by atoms with van der Waals surface area (Å²) in [6.45, 7) is 0. The fraction of sp³-hybridized carbons (Fsp3) is 0.222. The van der Waals surface area contributed by atoms with Gasteiger partial charge in [0.1, 0.15) is 0 Å². The van der Waals surface area contributed by atoms with E-state index in [0.29, 0.717) is 0 Å². The predicted octanol–water partition coefficient (Wildman–Crippen LogP) is 4.23. The number of hydrogen-bond donors (Lipinski definition) is 0. The van der Waals surface area contributed by atoms with Crippen LogP contribution in [0.25, 0.3) is 0 Å². The smallest absolute Gasteiger partial charge is 0.219 e. The zero-order valence-electron chi connectivity index (χ0n) is 12.1. The van der Waals surface area contributed by atoms with E-state index in [-0.39, 0.29) is 10.2 Å². The first-order valence-electron chi connectivity index (χ1n) is 7.26. The molecule has 2 aliphatic heterocycles. The lowest BCUT2D eigenvalue weighted by atomic mass is 10.1. The molecule has 0 aliphatic carbocycles. The summed E-state index contributed by atoms with van der Waals surface area (Å²) in [5.74, 6) is 1.88. The normalized spacial score (nSPS) is 16.2. The molecule has 0 saturated heterocycles. The van der Waals surface area contributed by atoms with Gasteiger partial charge in [-0.25, -0.2) is 0 Å². The number of hydrogen-bond acceptors (Lipinski definition) is 4. The molecule has 0 amide bonds. The first-order chi connectivity index (χ1) is 10.8. The highest BCUT2D eigenvalue weighted by Gasteiger charge is 2.16. The topological polar surface area (TPSA) is 34.1 Å². The molecule has 22 heavy (non-hydrogen) atoms. The van der Waals surface area contributed by atoms with Crippen molar-refractivity contribution in [3.63, 3.8) is 0 Å². The van der Waals surface area contributed by atoms with E-state index in [2.05, 4.69) is 0 Å². The third-order valence-electron chi connectivity index (χ3n) is 3.68. The molecule has 0 atom stereocenters. The molecule has 0 fully saturated rings. The summed E-state index contributed by atoms with van der Waals surface area (Å²) in [6.07, 6.45) is 2.07. The maximum atomic E-state index is 11.2. The quantitative estimate of drug-likeness (QED) is 0.725. The highest BCUT2D eigenvalue weighted by Crippen LogP contribution is 2.24. The van der Waals surface area contributed by atoms with Crippen molar-refractivity contribution in [2.75, 3.05) is 11.5 Å². The van der Waals surface area contributed by atoms with Crippen molar-refractivity contribution in [3.05, 3.63) is 70.8 Å². The maximum Gasteiger partial charge on any atom is 0.219 e. The number of aryl methyl sites for hydroxylation is 2. The minimum Gasteiger partial charge on any atom is -0.282 e. The maximum absolute atomic E-state index is 11.2. The van der Waals surface area contributed by atoms with Gasteiger partial charge in [0, 0.05) is 22.6 Å². The summed E-state index contributed by atoms with van der Waals surface area (Å²) in [4.78, 5) is 22.5. The predicted molar refractivity (Wildman–Crippen MR) is 93.9 cm³/mol. The highest BCUT2D eigenvalue weighted by molar-refractivity contribution is 8.14. The van der Waals surface area contributed by atoms with Gasteiger partial charge in [-0.3, -0.25) is 9.59 Å². The third-order valence-corrected chi connectivity index (χ3v) is 5.46. The molecule has 2 nitrogen and oxygen atoms in total. The van der Waals surface area contributed by atoms with Gasteiger partial charge in [-0.2, -0.15) is 0 Å². The van der Waals surface area contributed by atoms with E-state index in [9.17, 15) is 9.59 Å². The molecule has 112 valence electrons. The van der Waals surface area contributed by atoms with Crippen molar-refractivity contribution in [3.8, 4) is 0 Å². The van der Waals surface area contributed by atoms with Gasteiger partial charge in [0.05, 0.1) is 0 Å². The van der Waals surface area contributed by atoms with E-state index in [0.717, 1.165) is 35.5 Å². The first kappa shape index (κ1) is 15.4. The minimum absolute atomic E-state index is 0.229. The Kier molecular flexibility index (Phi) is 5.01.